The summed E-state index contributed by atoms with van der Waals surface area (Å²) in [6.07, 6.45) is 1.62. The van der Waals surface area contributed by atoms with Crippen molar-refractivity contribution >= 4 is 24.4 Å². The Morgan fingerprint density at radius 1 is 1.21 bits per heavy atom. The molecule has 8 nitrogen and oxygen atoms in total. The van der Waals surface area contributed by atoms with Gasteiger partial charge in [0.2, 0.25) is 4.77 Å². The van der Waals surface area contributed by atoms with Crippen LogP contribution in [0.5, 0.6) is 11.5 Å². The van der Waals surface area contributed by atoms with Gasteiger partial charge in [-0.15, -0.1) is 0 Å². The molecular weight excluding hydrogens is 392 g/mol. The minimum absolute atomic E-state index is 0.206. The van der Waals surface area contributed by atoms with E-state index in [0.29, 0.717) is 16.3 Å². The second-order valence-electron chi connectivity index (χ2n) is 6.26. The van der Waals surface area contributed by atoms with Gasteiger partial charge in [-0.05, 0) is 67.0 Å². The zero-order valence-electron chi connectivity index (χ0n) is 16.0. The first kappa shape index (κ1) is 20.3. The molecule has 0 spiro atoms. The summed E-state index contributed by atoms with van der Waals surface area (Å²) in [5, 5.41) is 19.9. The van der Waals surface area contributed by atoms with E-state index in [1.165, 1.54) is 4.68 Å². The molecular formula is C20H20N4O4S. The smallest absolute Gasteiger partial charge is 0.341 e. The van der Waals surface area contributed by atoms with Crippen LogP contribution >= 0.6 is 12.2 Å². The number of hydrogen-bond acceptors (Lipinski definition) is 6. The third-order valence-corrected chi connectivity index (χ3v) is 4.30. The molecule has 0 amide bonds. The number of H-pyrrole nitrogens is 1. The monoisotopic (exact) mass is 412 g/mol. The maximum atomic E-state index is 10.5. The van der Waals surface area contributed by atoms with Crippen molar-refractivity contribution in [3.63, 3.8) is 0 Å². The van der Waals surface area contributed by atoms with Crippen molar-refractivity contribution < 1.29 is 19.4 Å². The summed E-state index contributed by atoms with van der Waals surface area (Å²) in [5.41, 5.74) is 2.87. The second kappa shape index (κ2) is 9.16. The van der Waals surface area contributed by atoms with Crippen molar-refractivity contribution in [3.8, 4) is 11.5 Å². The predicted octanol–water partition coefficient (Wildman–Crippen LogP) is 3.48. The molecule has 150 valence electrons. The molecule has 0 aliphatic rings. The van der Waals surface area contributed by atoms with Crippen LogP contribution in [0.2, 0.25) is 0 Å². The van der Waals surface area contributed by atoms with Gasteiger partial charge in [0, 0.05) is 0 Å². The highest BCUT2D eigenvalue weighted by Crippen LogP contribution is 2.23. The van der Waals surface area contributed by atoms with E-state index in [-0.39, 0.29) is 13.2 Å². The Labute approximate surface area is 172 Å². The van der Waals surface area contributed by atoms with Gasteiger partial charge in [0.15, 0.2) is 12.4 Å². The molecule has 0 fully saturated rings. The zero-order valence-corrected chi connectivity index (χ0v) is 16.8. The lowest BCUT2D eigenvalue weighted by atomic mass is 10.1. The Morgan fingerprint density at radius 2 is 1.90 bits per heavy atom. The molecule has 0 saturated carbocycles. The van der Waals surface area contributed by atoms with Gasteiger partial charge in [-0.25, -0.2) is 9.89 Å². The Balaban J connectivity index is 1.71. The molecule has 0 atom stereocenters. The largest absolute Gasteiger partial charge is 0.485 e. The van der Waals surface area contributed by atoms with E-state index < -0.39 is 5.97 Å². The van der Waals surface area contributed by atoms with Crippen LogP contribution in [0, 0.1) is 18.6 Å². The van der Waals surface area contributed by atoms with Crippen LogP contribution in [0.25, 0.3) is 0 Å². The number of hydrogen-bond donors (Lipinski definition) is 2. The number of carboxylic acids is 1. The summed E-state index contributed by atoms with van der Waals surface area (Å²) in [4.78, 5) is 10.5. The molecule has 2 N–H and O–H groups in total. The van der Waals surface area contributed by atoms with Gasteiger partial charge in [-0.2, -0.15) is 14.9 Å². The number of rotatable bonds is 8. The van der Waals surface area contributed by atoms with Crippen molar-refractivity contribution in [1.29, 1.82) is 0 Å². The number of aryl methyl sites for hydroxylation is 2. The molecule has 29 heavy (non-hydrogen) atoms. The third-order valence-electron chi connectivity index (χ3n) is 4.04. The maximum Gasteiger partial charge on any atom is 0.341 e. The van der Waals surface area contributed by atoms with Gasteiger partial charge in [-0.1, -0.05) is 18.2 Å². The molecule has 0 saturated heterocycles. The standard InChI is InChI=1S/C20H20N4O4S/c1-13-4-3-5-14(2)19(13)28-11-17-22-23-20(29)24(17)21-10-15-6-8-16(9-7-15)27-12-18(25)26/h3-10H,11-12H2,1-2H3,(H,23,29)(H,25,26)/b21-10-. The molecule has 0 bridgehead atoms. The summed E-state index contributed by atoms with van der Waals surface area (Å²) in [6, 6.07) is 12.8. The Kier molecular flexibility index (Phi) is 6.40. The highest BCUT2D eigenvalue weighted by molar-refractivity contribution is 7.71. The first-order valence-corrected chi connectivity index (χ1v) is 9.19. The van der Waals surface area contributed by atoms with Crippen molar-refractivity contribution in [3.05, 3.63) is 69.8 Å². The summed E-state index contributed by atoms with van der Waals surface area (Å²) in [7, 11) is 0. The van der Waals surface area contributed by atoms with E-state index in [2.05, 4.69) is 15.3 Å². The fourth-order valence-corrected chi connectivity index (χ4v) is 2.82. The van der Waals surface area contributed by atoms with Gasteiger partial charge in [0.25, 0.3) is 0 Å². The molecule has 3 rings (SSSR count). The van der Waals surface area contributed by atoms with Crippen molar-refractivity contribution in [1.82, 2.24) is 14.9 Å². The first-order valence-electron chi connectivity index (χ1n) is 8.78. The quantitative estimate of drug-likeness (QED) is 0.434. The Bertz CT molecular complexity index is 1070. The van der Waals surface area contributed by atoms with Crippen LogP contribution in [0.3, 0.4) is 0 Å². The van der Waals surface area contributed by atoms with Crippen LogP contribution < -0.4 is 9.47 Å². The number of nitrogens with zero attached hydrogens (tertiary/aromatic N) is 3. The molecule has 0 aliphatic heterocycles. The van der Waals surface area contributed by atoms with E-state index in [1.54, 1.807) is 30.5 Å². The average Bonchev–Trinajstić information content (AvgIpc) is 3.04. The van der Waals surface area contributed by atoms with E-state index in [9.17, 15) is 4.79 Å². The van der Waals surface area contributed by atoms with Crippen molar-refractivity contribution in [2.24, 2.45) is 5.10 Å². The number of ether oxygens (including phenoxy) is 2. The number of aromatic nitrogens is 3. The van der Waals surface area contributed by atoms with Crippen LogP contribution in [0.1, 0.15) is 22.5 Å². The fraction of sp³-hybridized carbons (Fsp3) is 0.200. The number of benzene rings is 2. The van der Waals surface area contributed by atoms with Crippen LogP contribution in [0.15, 0.2) is 47.6 Å². The van der Waals surface area contributed by atoms with E-state index in [0.717, 1.165) is 22.4 Å². The molecule has 0 aliphatic carbocycles. The number of aromatic amines is 1. The lowest BCUT2D eigenvalue weighted by molar-refractivity contribution is -0.139. The number of carboxylic acid groups (broad SMARTS) is 1. The maximum absolute atomic E-state index is 10.5. The van der Waals surface area contributed by atoms with Gasteiger partial charge in [0.05, 0.1) is 6.21 Å². The van der Waals surface area contributed by atoms with Crippen LogP contribution in [-0.4, -0.2) is 38.8 Å². The Morgan fingerprint density at radius 3 is 2.55 bits per heavy atom. The second-order valence-corrected chi connectivity index (χ2v) is 6.65. The van der Waals surface area contributed by atoms with E-state index in [1.807, 2.05) is 32.0 Å². The number of carbonyl (C=O) groups is 1. The number of aliphatic carboxylic acids is 1. The normalized spacial score (nSPS) is 11.0. The van der Waals surface area contributed by atoms with Crippen LogP contribution in [-0.2, 0) is 11.4 Å². The highest BCUT2D eigenvalue weighted by atomic mass is 32.1. The molecule has 1 heterocycles. The minimum atomic E-state index is -1.03. The fourth-order valence-electron chi connectivity index (χ4n) is 2.62. The Hall–Kier alpha value is -3.46. The lowest BCUT2D eigenvalue weighted by Gasteiger charge is -2.11. The lowest BCUT2D eigenvalue weighted by Crippen LogP contribution is -2.09. The summed E-state index contributed by atoms with van der Waals surface area (Å²) in [6.45, 7) is 3.79. The minimum Gasteiger partial charge on any atom is -0.485 e. The zero-order chi connectivity index (χ0) is 20.8. The number of nitrogens with one attached hydrogen (secondary N) is 1. The molecule has 3 aromatic rings. The van der Waals surface area contributed by atoms with Gasteiger partial charge < -0.3 is 14.6 Å². The van der Waals surface area contributed by atoms with Gasteiger partial charge in [-0.3, -0.25) is 0 Å². The number of para-hydroxylation sites is 1. The topological polar surface area (TPSA) is 102 Å². The molecule has 9 heteroatoms. The van der Waals surface area contributed by atoms with Gasteiger partial charge >= 0.3 is 5.97 Å². The van der Waals surface area contributed by atoms with Crippen molar-refractivity contribution in [2.45, 2.75) is 20.5 Å². The molecule has 2 aromatic carbocycles. The first-order chi connectivity index (χ1) is 13.9. The summed E-state index contributed by atoms with van der Waals surface area (Å²) >= 11 is 5.25. The highest BCUT2D eigenvalue weighted by Gasteiger charge is 2.09. The van der Waals surface area contributed by atoms with Gasteiger partial charge in [0.1, 0.15) is 18.1 Å². The molecule has 0 unspecified atom stereocenters. The summed E-state index contributed by atoms with van der Waals surface area (Å²) < 4.78 is 12.9. The summed E-state index contributed by atoms with van der Waals surface area (Å²) in [5.74, 6) is 0.789. The molecule has 0 radical (unpaired) electrons. The predicted molar refractivity (Wildman–Crippen MR) is 110 cm³/mol. The SMILES string of the molecule is Cc1cccc(C)c1OCc1n[nH]c(=S)n1/N=C\c1ccc(OCC(=O)O)cc1. The molecule has 1 aromatic heterocycles. The average molecular weight is 412 g/mol. The third kappa shape index (κ3) is 5.29. The van der Waals surface area contributed by atoms with E-state index >= 15 is 0 Å². The van der Waals surface area contributed by atoms with Crippen molar-refractivity contribution in [2.75, 3.05) is 6.61 Å². The van der Waals surface area contributed by atoms with Crippen LogP contribution in [0.4, 0.5) is 0 Å². The van der Waals surface area contributed by atoms with E-state index in [4.69, 9.17) is 26.8 Å².